The first-order valence-electron chi connectivity index (χ1n) is 7.70. The maximum Gasteiger partial charge on any atom is 0.305 e. The Bertz CT molecular complexity index is 678. The SMILES string of the molecule is CCCC(=O)OC[C@@H](CO)NC(=O)c1cccc2ccccc12. The first-order valence-corrected chi connectivity index (χ1v) is 7.70. The van der Waals surface area contributed by atoms with Gasteiger partial charge in [0.2, 0.25) is 0 Å². The number of carbonyl (C=O) groups is 2. The summed E-state index contributed by atoms with van der Waals surface area (Å²) < 4.78 is 5.05. The zero-order valence-electron chi connectivity index (χ0n) is 13.1. The van der Waals surface area contributed by atoms with E-state index in [9.17, 15) is 14.7 Å². The molecule has 0 aromatic heterocycles. The van der Waals surface area contributed by atoms with E-state index in [4.69, 9.17) is 4.74 Å². The molecule has 2 rings (SSSR count). The van der Waals surface area contributed by atoms with Crippen LogP contribution in [0.15, 0.2) is 42.5 Å². The molecule has 0 aliphatic heterocycles. The number of hydrogen-bond donors (Lipinski definition) is 2. The minimum absolute atomic E-state index is 0.0359. The number of benzene rings is 2. The maximum atomic E-state index is 12.4. The van der Waals surface area contributed by atoms with E-state index < -0.39 is 6.04 Å². The van der Waals surface area contributed by atoms with Crippen LogP contribution in [0, 0.1) is 0 Å². The number of esters is 1. The van der Waals surface area contributed by atoms with Crippen LogP contribution in [0.4, 0.5) is 0 Å². The van der Waals surface area contributed by atoms with Crippen LogP contribution in [-0.2, 0) is 9.53 Å². The van der Waals surface area contributed by atoms with Gasteiger partial charge in [-0.1, -0.05) is 43.3 Å². The van der Waals surface area contributed by atoms with Gasteiger partial charge >= 0.3 is 5.97 Å². The van der Waals surface area contributed by atoms with E-state index >= 15 is 0 Å². The molecule has 2 aromatic rings. The summed E-state index contributed by atoms with van der Waals surface area (Å²) in [5.41, 5.74) is 0.529. The molecular weight excluding hydrogens is 294 g/mol. The van der Waals surface area contributed by atoms with Gasteiger partial charge in [0.25, 0.3) is 5.91 Å². The molecule has 0 fully saturated rings. The van der Waals surface area contributed by atoms with Crippen LogP contribution in [0.2, 0.25) is 0 Å². The Morgan fingerprint density at radius 3 is 2.65 bits per heavy atom. The molecule has 1 atom stereocenters. The molecule has 23 heavy (non-hydrogen) atoms. The van der Waals surface area contributed by atoms with Gasteiger partial charge in [0, 0.05) is 12.0 Å². The Morgan fingerprint density at radius 1 is 1.17 bits per heavy atom. The summed E-state index contributed by atoms with van der Waals surface area (Å²) in [6.45, 7) is 1.55. The minimum Gasteiger partial charge on any atom is -0.463 e. The second-order valence-electron chi connectivity index (χ2n) is 5.31. The molecule has 122 valence electrons. The van der Waals surface area contributed by atoms with Crippen molar-refractivity contribution in [2.75, 3.05) is 13.2 Å². The topological polar surface area (TPSA) is 75.6 Å². The average Bonchev–Trinajstić information content (AvgIpc) is 2.58. The van der Waals surface area contributed by atoms with Crippen molar-refractivity contribution in [1.29, 1.82) is 0 Å². The van der Waals surface area contributed by atoms with Crippen molar-refractivity contribution < 1.29 is 19.4 Å². The van der Waals surface area contributed by atoms with Crippen molar-refractivity contribution in [1.82, 2.24) is 5.32 Å². The van der Waals surface area contributed by atoms with Crippen molar-refractivity contribution >= 4 is 22.6 Å². The molecule has 0 saturated heterocycles. The lowest BCUT2D eigenvalue weighted by molar-refractivity contribution is -0.144. The fraction of sp³-hybridized carbons (Fsp3) is 0.333. The van der Waals surface area contributed by atoms with E-state index in [-0.39, 0.29) is 25.1 Å². The molecule has 0 bridgehead atoms. The van der Waals surface area contributed by atoms with Crippen LogP contribution < -0.4 is 5.32 Å². The molecule has 2 aromatic carbocycles. The molecule has 0 radical (unpaired) electrons. The van der Waals surface area contributed by atoms with E-state index in [1.165, 1.54) is 0 Å². The predicted octanol–water partition coefficient (Wildman–Crippen LogP) is 2.27. The molecular formula is C18H21NO4. The molecule has 0 heterocycles. The monoisotopic (exact) mass is 315 g/mol. The highest BCUT2D eigenvalue weighted by Crippen LogP contribution is 2.18. The van der Waals surface area contributed by atoms with Crippen LogP contribution in [0.1, 0.15) is 30.1 Å². The third kappa shape index (κ3) is 4.53. The summed E-state index contributed by atoms with van der Waals surface area (Å²) in [7, 11) is 0. The van der Waals surface area contributed by atoms with E-state index in [0.29, 0.717) is 18.4 Å². The van der Waals surface area contributed by atoms with E-state index in [1.807, 2.05) is 43.3 Å². The van der Waals surface area contributed by atoms with Gasteiger partial charge in [-0.25, -0.2) is 0 Å². The van der Waals surface area contributed by atoms with Gasteiger partial charge in [-0.2, -0.15) is 0 Å². The molecule has 0 saturated carbocycles. The Balaban J connectivity index is 2.05. The van der Waals surface area contributed by atoms with Gasteiger partial charge < -0.3 is 15.2 Å². The minimum atomic E-state index is -0.623. The van der Waals surface area contributed by atoms with E-state index in [2.05, 4.69) is 5.32 Å². The lowest BCUT2D eigenvalue weighted by Crippen LogP contribution is -2.41. The summed E-state index contributed by atoms with van der Waals surface area (Å²) >= 11 is 0. The van der Waals surface area contributed by atoms with Crippen molar-refractivity contribution in [2.24, 2.45) is 0 Å². The number of aliphatic hydroxyl groups excluding tert-OH is 1. The summed E-state index contributed by atoms with van der Waals surface area (Å²) in [5.74, 6) is -0.627. The predicted molar refractivity (Wildman–Crippen MR) is 88.2 cm³/mol. The van der Waals surface area contributed by atoms with Gasteiger partial charge in [0.1, 0.15) is 6.61 Å². The molecule has 0 unspecified atom stereocenters. The van der Waals surface area contributed by atoms with Gasteiger partial charge in [-0.15, -0.1) is 0 Å². The standard InChI is InChI=1S/C18H21NO4/c1-2-6-17(21)23-12-14(11-20)19-18(22)16-10-5-8-13-7-3-4-9-15(13)16/h3-5,7-10,14,20H,2,6,11-12H2,1H3,(H,19,22)/t14-/m1/s1. The smallest absolute Gasteiger partial charge is 0.305 e. The largest absolute Gasteiger partial charge is 0.463 e. The van der Waals surface area contributed by atoms with E-state index in [1.54, 1.807) is 6.07 Å². The summed E-state index contributed by atoms with van der Waals surface area (Å²) in [6, 6.07) is 12.4. The van der Waals surface area contributed by atoms with E-state index in [0.717, 1.165) is 10.8 Å². The molecule has 1 amide bonds. The van der Waals surface area contributed by atoms with Crippen LogP contribution in [0.5, 0.6) is 0 Å². The Morgan fingerprint density at radius 2 is 1.91 bits per heavy atom. The highest BCUT2D eigenvalue weighted by atomic mass is 16.5. The lowest BCUT2D eigenvalue weighted by atomic mass is 10.0. The highest BCUT2D eigenvalue weighted by Gasteiger charge is 2.16. The first kappa shape index (κ1) is 17.0. The summed E-state index contributed by atoms with van der Waals surface area (Å²) in [5, 5.41) is 13.9. The number of rotatable bonds is 7. The van der Waals surface area contributed by atoms with Crippen molar-refractivity contribution in [3.05, 3.63) is 48.0 Å². The van der Waals surface area contributed by atoms with Crippen LogP contribution in [0.25, 0.3) is 10.8 Å². The zero-order chi connectivity index (χ0) is 16.7. The number of nitrogens with one attached hydrogen (secondary N) is 1. The van der Waals surface area contributed by atoms with Gasteiger partial charge in [-0.05, 0) is 23.3 Å². The average molecular weight is 315 g/mol. The first-order chi connectivity index (χ1) is 11.2. The Labute approximate surface area is 135 Å². The van der Waals surface area contributed by atoms with Crippen LogP contribution >= 0.6 is 0 Å². The molecule has 0 spiro atoms. The Kier molecular flexibility index (Phi) is 6.11. The van der Waals surface area contributed by atoms with Crippen LogP contribution in [-0.4, -0.2) is 36.2 Å². The normalized spacial score (nSPS) is 11.9. The summed E-state index contributed by atoms with van der Waals surface area (Å²) in [4.78, 5) is 23.8. The number of fused-ring (bicyclic) bond motifs is 1. The highest BCUT2D eigenvalue weighted by molar-refractivity contribution is 6.07. The van der Waals surface area contributed by atoms with Crippen molar-refractivity contribution in [3.8, 4) is 0 Å². The van der Waals surface area contributed by atoms with Crippen molar-refractivity contribution in [3.63, 3.8) is 0 Å². The fourth-order valence-electron chi connectivity index (χ4n) is 2.30. The quantitative estimate of drug-likeness (QED) is 0.769. The molecule has 0 aliphatic rings. The third-order valence-corrected chi connectivity index (χ3v) is 3.49. The van der Waals surface area contributed by atoms with Gasteiger partial charge in [0.15, 0.2) is 0 Å². The molecule has 5 nitrogen and oxygen atoms in total. The number of ether oxygens (including phenoxy) is 1. The fourth-order valence-corrected chi connectivity index (χ4v) is 2.30. The number of aliphatic hydroxyl groups is 1. The molecule has 5 heteroatoms. The molecule has 2 N–H and O–H groups in total. The van der Waals surface area contributed by atoms with Crippen molar-refractivity contribution in [2.45, 2.75) is 25.8 Å². The second kappa shape index (κ2) is 8.29. The molecule has 0 aliphatic carbocycles. The van der Waals surface area contributed by atoms with Gasteiger partial charge in [-0.3, -0.25) is 9.59 Å². The lowest BCUT2D eigenvalue weighted by Gasteiger charge is -2.17. The summed E-state index contributed by atoms with van der Waals surface area (Å²) in [6.07, 6.45) is 1.03. The zero-order valence-corrected chi connectivity index (χ0v) is 13.1. The number of hydrogen-bond acceptors (Lipinski definition) is 4. The van der Waals surface area contributed by atoms with Crippen LogP contribution in [0.3, 0.4) is 0 Å². The maximum absolute atomic E-state index is 12.4. The Hall–Kier alpha value is -2.40. The number of carbonyl (C=O) groups excluding carboxylic acids is 2. The van der Waals surface area contributed by atoms with Gasteiger partial charge in [0.05, 0.1) is 12.6 Å². The number of amides is 1. The second-order valence-corrected chi connectivity index (χ2v) is 5.31. The third-order valence-electron chi connectivity index (χ3n) is 3.49.